The molecule has 0 unspecified atom stereocenters. The number of amides is 1. The first-order valence-electron chi connectivity index (χ1n) is 8.28. The van der Waals surface area contributed by atoms with E-state index in [0.29, 0.717) is 30.4 Å². The maximum atomic E-state index is 12.8. The van der Waals surface area contributed by atoms with Gasteiger partial charge in [0.15, 0.2) is 0 Å². The molecule has 2 aliphatic heterocycles. The van der Waals surface area contributed by atoms with Gasteiger partial charge in [-0.25, -0.2) is 4.98 Å². The maximum Gasteiger partial charge on any atom is 0.257 e. The number of carbonyl (C=O) groups is 1. The van der Waals surface area contributed by atoms with Crippen molar-refractivity contribution >= 4 is 5.91 Å². The van der Waals surface area contributed by atoms with E-state index in [4.69, 9.17) is 13.9 Å². The van der Waals surface area contributed by atoms with Gasteiger partial charge in [-0.2, -0.15) is 0 Å². The van der Waals surface area contributed by atoms with Gasteiger partial charge >= 0.3 is 0 Å². The van der Waals surface area contributed by atoms with Gasteiger partial charge in [-0.05, 0) is 25.5 Å². The van der Waals surface area contributed by atoms with Gasteiger partial charge in [0.05, 0.1) is 17.9 Å². The summed E-state index contributed by atoms with van der Waals surface area (Å²) in [6.07, 6.45) is 4.62. The average Bonchev–Trinajstić information content (AvgIpc) is 3.25. The molecule has 0 aliphatic carbocycles. The van der Waals surface area contributed by atoms with E-state index in [0.717, 1.165) is 12.8 Å². The molecule has 2 aromatic rings. The lowest BCUT2D eigenvalue weighted by Crippen LogP contribution is -2.56. The Bertz CT molecular complexity index is 715. The van der Waals surface area contributed by atoms with Crippen molar-refractivity contribution in [1.82, 2.24) is 9.88 Å². The second-order valence-electron chi connectivity index (χ2n) is 6.19. The van der Waals surface area contributed by atoms with Crippen molar-refractivity contribution in [2.75, 3.05) is 13.2 Å². The Balaban J connectivity index is 1.51. The van der Waals surface area contributed by atoms with E-state index in [9.17, 15) is 4.79 Å². The molecular formula is C18H20N2O4. The molecule has 0 spiro atoms. The van der Waals surface area contributed by atoms with Crippen LogP contribution >= 0.6 is 0 Å². The van der Waals surface area contributed by atoms with Gasteiger partial charge in [-0.3, -0.25) is 4.79 Å². The molecule has 3 atom stereocenters. The number of pyridine rings is 1. The molecule has 1 amide bonds. The van der Waals surface area contributed by atoms with Gasteiger partial charge in [0.1, 0.15) is 18.0 Å². The van der Waals surface area contributed by atoms with E-state index in [1.54, 1.807) is 18.5 Å². The van der Waals surface area contributed by atoms with E-state index in [-0.39, 0.29) is 24.2 Å². The summed E-state index contributed by atoms with van der Waals surface area (Å²) >= 11 is 0. The molecule has 2 fully saturated rings. The third-order valence-corrected chi connectivity index (χ3v) is 4.78. The number of hydrogen-bond donors (Lipinski definition) is 0. The standard InChI is InChI=1S/C18H20N2O4/c1-12-13(6-10-22-12)18(21)20-9-5-15(17-14(20)7-11-23-17)24-16-4-2-3-8-19-16/h2-4,6,8,10,14-15,17H,5,7,9,11H2,1H3/t14-,15+,17-/m0/s1. The Morgan fingerprint density at radius 3 is 3.00 bits per heavy atom. The lowest BCUT2D eigenvalue weighted by atomic mass is 9.94. The summed E-state index contributed by atoms with van der Waals surface area (Å²) in [5.74, 6) is 1.27. The summed E-state index contributed by atoms with van der Waals surface area (Å²) in [5, 5.41) is 0. The summed E-state index contributed by atoms with van der Waals surface area (Å²) in [6, 6.07) is 7.37. The van der Waals surface area contributed by atoms with Crippen LogP contribution in [0.5, 0.6) is 5.88 Å². The number of rotatable bonds is 3. The van der Waals surface area contributed by atoms with Crippen molar-refractivity contribution < 1.29 is 18.7 Å². The number of furan rings is 1. The molecule has 2 aliphatic rings. The predicted octanol–water partition coefficient (Wildman–Crippen LogP) is 2.43. The predicted molar refractivity (Wildman–Crippen MR) is 85.9 cm³/mol. The van der Waals surface area contributed by atoms with Crippen LogP contribution in [0.3, 0.4) is 0 Å². The number of carbonyl (C=O) groups excluding carboxylic acids is 1. The first-order valence-corrected chi connectivity index (χ1v) is 8.28. The number of fused-ring (bicyclic) bond motifs is 1. The molecule has 0 bridgehead atoms. The van der Waals surface area contributed by atoms with Crippen LogP contribution in [0.25, 0.3) is 0 Å². The third-order valence-electron chi connectivity index (χ3n) is 4.78. The molecule has 4 heterocycles. The van der Waals surface area contributed by atoms with Gasteiger partial charge in [-0.15, -0.1) is 0 Å². The monoisotopic (exact) mass is 328 g/mol. The Hall–Kier alpha value is -2.34. The molecule has 4 rings (SSSR count). The Kier molecular flexibility index (Phi) is 3.98. The number of nitrogens with zero attached hydrogens (tertiary/aromatic N) is 2. The highest BCUT2D eigenvalue weighted by Gasteiger charge is 2.45. The van der Waals surface area contributed by atoms with Crippen molar-refractivity contribution in [2.24, 2.45) is 0 Å². The molecule has 0 aromatic carbocycles. The number of ether oxygens (including phenoxy) is 2. The van der Waals surface area contributed by atoms with Crippen molar-refractivity contribution in [3.8, 4) is 5.88 Å². The third kappa shape index (κ3) is 2.67. The van der Waals surface area contributed by atoms with Crippen molar-refractivity contribution in [1.29, 1.82) is 0 Å². The lowest BCUT2D eigenvalue weighted by molar-refractivity contribution is -0.0476. The fourth-order valence-electron chi connectivity index (χ4n) is 3.60. The highest BCUT2D eigenvalue weighted by Crippen LogP contribution is 2.32. The molecule has 126 valence electrons. The number of hydrogen-bond acceptors (Lipinski definition) is 5. The van der Waals surface area contributed by atoms with Gasteiger partial charge in [-0.1, -0.05) is 6.07 Å². The van der Waals surface area contributed by atoms with Crippen LogP contribution in [0.4, 0.5) is 0 Å². The summed E-state index contributed by atoms with van der Waals surface area (Å²) in [6.45, 7) is 3.10. The van der Waals surface area contributed by atoms with Crippen LogP contribution < -0.4 is 4.74 Å². The first-order chi connectivity index (χ1) is 11.7. The molecule has 0 N–H and O–H groups in total. The summed E-state index contributed by atoms with van der Waals surface area (Å²) in [5.41, 5.74) is 0.629. The average molecular weight is 328 g/mol. The van der Waals surface area contributed by atoms with E-state index in [1.807, 2.05) is 30.0 Å². The number of aromatic nitrogens is 1. The lowest BCUT2D eigenvalue weighted by Gasteiger charge is -2.40. The van der Waals surface area contributed by atoms with Crippen molar-refractivity contribution in [3.63, 3.8) is 0 Å². The van der Waals surface area contributed by atoms with Gasteiger partial charge in [0.25, 0.3) is 5.91 Å². The van der Waals surface area contributed by atoms with Gasteiger partial charge in [0, 0.05) is 31.8 Å². The minimum Gasteiger partial charge on any atom is -0.471 e. The van der Waals surface area contributed by atoms with Gasteiger partial charge < -0.3 is 18.8 Å². The molecule has 0 radical (unpaired) electrons. The van der Waals surface area contributed by atoms with Crippen LogP contribution in [-0.4, -0.2) is 47.2 Å². The highest BCUT2D eigenvalue weighted by atomic mass is 16.5. The number of piperidine rings is 1. The van der Waals surface area contributed by atoms with Crippen LogP contribution in [0.1, 0.15) is 29.0 Å². The summed E-state index contributed by atoms with van der Waals surface area (Å²) in [4.78, 5) is 19.0. The minimum absolute atomic E-state index is 0.0121. The quantitative estimate of drug-likeness (QED) is 0.866. The van der Waals surface area contributed by atoms with E-state index >= 15 is 0 Å². The van der Waals surface area contributed by atoms with Crippen molar-refractivity contribution in [2.45, 2.75) is 38.0 Å². The Morgan fingerprint density at radius 2 is 2.25 bits per heavy atom. The smallest absolute Gasteiger partial charge is 0.257 e. The molecule has 6 nitrogen and oxygen atoms in total. The Morgan fingerprint density at radius 1 is 1.33 bits per heavy atom. The van der Waals surface area contributed by atoms with Crippen LogP contribution in [0, 0.1) is 6.92 Å². The summed E-state index contributed by atoms with van der Waals surface area (Å²) in [7, 11) is 0. The minimum atomic E-state index is -0.114. The fourth-order valence-corrected chi connectivity index (χ4v) is 3.60. The van der Waals surface area contributed by atoms with Crippen LogP contribution in [0.15, 0.2) is 41.1 Å². The van der Waals surface area contributed by atoms with Crippen LogP contribution in [0.2, 0.25) is 0 Å². The highest BCUT2D eigenvalue weighted by molar-refractivity contribution is 5.95. The van der Waals surface area contributed by atoms with Crippen LogP contribution in [-0.2, 0) is 4.74 Å². The molecule has 6 heteroatoms. The SMILES string of the molecule is Cc1occc1C(=O)N1CC[C@@H](Oc2ccccn2)[C@H]2OCC[C@@H]21. The topological polar surface area (TPSA) is 64.8 Å². The largest absolute Gasteiger partial charge is 0.471 e. The molecule has 2 aromatic heterocycles. The van der Waals surface area contributed by atoms with E-state index in [2.05, 4.69) is 4.98 Å². The van der Waals surface area contributed by atoms with E-state index in [1.165, 1.54) is 0 Å². The molecular weight excluding hydrogens is 308 g/mol. The zero-order chi connectivity index (χ0) is 16.5. The molecule has 0 saturated carbocycles. The number of aryl methyl sites for hydroxylation is 1. The fraction of sp³-hybridized carbons (Fsp3) is 0.444. The zero-order valence-corrected chi connectivity index (χ0v) is 13.6. The first kappa shape index (κ1) is 15.2. The molecule has 2 saturated heterocycles. The second kappa shape index (κ2) is 6.28. The summed E-state index contributed by atoms with van der Waals surface area (Å²) < 4.78 is 17.2. The maximum absolute atomic E-state index is 12.8. The molecule has 24 heavy (non-hydrogen) atoms. The number of likely N-dealkylation sites (tertiary alicyclic amines) is 1. The normalized spacial score (nSPS) is 26.2. The van der Waals surface area contributed by atoms with Crippen molar-refractivity contribution in [3.05, 3.63) is 48.0 Å². The Labute approximate surface area is 140 Å². The van der Waals surface area contributed by atoms with Gasteiger partial charge in [0.2, 0.25) is 5.88 Å². The van der Waals surface area contributed by atoms with E-state index < -0.39 is 0 Å². The zero-order valence-electron chi connectivity index (χ0n) is 13.6. The second-order valence-corrected chi connectivity index (χ2v) is 6.19.